The van der Waals surface area contributed by atoms with E-state index in [0.29, 0.717) is 12.5 Å². The van der Waals surface area contributed by atoms with Crippen molar-refractivity contribution in [3.63, 3.8) is 0 Å². The second-order valence-electron chi connectivity index (χ2n) is 3.16. The summed E-state index contributed by atoms with van der Waals surface area (Å²) in [6.07, 6.45) is 0.994. The molecule has 1 N–H and O–H groups in total. The molecule has 3 nitrogen and oxygen atoms in total. The maximum atomic E-state index is 8.85. The largest absolute Gasteiger partial charge is 0.395 e. The first-order chi connectivity index (χ1) is 5.67. The third-order valence-electron chi connectivity index (χ3n) is 2.24. The molecule has 0 amide bonds. The second kappa shape index (κ2) is 5.99. The molecule has 0 saturated heterocycles. The first kappa shape index (κ1) is 11.4. The standard InChI is InChI=1S/C9H18N2O/c1-4-8(2)9(7-10)11(3)5-6-12/h8-9,12H,4-6H2,1-3H3/t8-,9?/m1/s1. The van der Waals surface area contributed by atoms with Crippen molar-refractivity contribution in [1.29, 1.82) is 5.26 Å². The third kappa shape index (κ3) is 3.21. The minimum absolute atomic E-state index is 0.0675. The Morgan fingerprint density at radius 3 is 2.50 bits per heavy atom. The minimum atomic E-state index is -0.0675. The number of nitrogens with zero attached hydrogens (tertiary/aromatic N) is 2. The Labute approximate surface area is 74.6 Å². The highest BCUT2D eigenvalue weighted by molar-refractivity contribution is 4.93. The second-order valence-corrected chi connectivity index (χ2v) is 3.16. The van der Waals surface area contributed by atoms with Gasteiger partial charge in [0.15, 0.2) is 0 Å². The lowest BCUT2D eigenvalue weighted by Crippen LogP contribution is -2.37. The maximum Gasteiger partial charge on any atom is 0.100 e. The Kier molecular flexibility index (Phi) is 5.69. The molecule has 70 valence electrons. The molecule has 0 aromatic heterocycles. The van der Waals surface area contributed by atoms with Gasteiger partial charge >= 0.3 is 0 Å². The van der Waals surface area contributed by atoms with Gasteiger partial charge in [-0.05, 0) is 13.0 Å². The Morgan fingerprint density at radius 1 is 1.58 bits per heavy atom. The van der Waals surface area contributed by atoms with Gasteiger partial charge in [-0.1, -0.05) is 20.3 Å². The van der Waals surface area contributed by atoms with E-state index in [1.807, 2.05) is 11.9 Å². The molecule has 2 atom stereocenters. The van der Waals surface area contributed by atoms with Crippen LogP contribution in [0.2, 0.25) is 0 Å². The fraction of sp³-hybridized carbons (Fsp3) is 0.889. The van der Waals surface area contributed by atoms with Crippen LogP contribution in [0, 0.1) is 17.2 Å². The van der Waals surface area contributed by atoms with Crippen molar-refractivity contribution in [2.75, 3.05) is 20.2 Å². The number of likely N-dealkylation sites (N-methyl/N-ethyl adjacent to an activating group) is 1. The SMILES string of the molecule is CC[C@@H](C)C(C#N)N(C)CCO. The molecule has 0 aromatic rings. The first-order valence-electron chi connectivity index (χ1n) is 4.38. The monoisotopic (exact) mass is 170 g/mol. The number of aliphatic hydroxyl groups is 1. The van der Waals surface area contributed by atoms with Gasteiger partial charge < -0.3 is 5.11 Å². The molecule has 0 radical (unpaired) electrons. The lowest BCUT2D eigenvalue weighted by atomic mass is 9.99. The van der Waals surface area contributed by atoms with Crippen LogP contribution in [0.15, 0.2) is 0 Å². The summed E-state index contributed by atoms with van der Waals surface area (Å²) >= 11 is 0. The highest BCUT2D eigenvalue weighted by Crippen LogP contribution is 2.11. The zero-order valence-corrected chi connectivity index (χ0v) is 8.12. The molecule has 0 aliphatic heterocycles. The van der Waals surface area contributed by atoms with Crippen molar-refractivity contribution in [3.05, 3.63) is 0 Å². The van der Waals surface area contributed by atoms with E-state index in [1.165, 1.54) is 0 Å². The summed E-state index contributed by atoms with van der Waals surface area (Å²) in [5.41, 5.74) is 0. The Morgan fingerprint density at radius 2 is 2.17 bits per heavy atom. The van der Waals surface area contributed by atoms with Gasteiger partial charge in [0.25, 0.3) is 0 Å². The van der Waals surface area contributed by atoms with Gasteiger partial charge in [-0.15, -0.1) is 0 Å². The molecule has 0 heterocycles. The minimum Gasteiger partial charge on any atom is -0.395 e. The highest BCUT2D eigenvalue weighted by Gasteiger charge is 2.18. The summed E-state index contributed by atoms with van der Waals surface area (Å²) in [6.45, 7) is 4.82. The van der Waals surface area contributed by atoms with Crippen LogP contribution in [0.1, 0.15) is 20.3 Å². The van der Waals surface area contributed by atoms with Crippen molar-refractivity contribution in [1.82, 2.24) is 4.90 Å². The smallest absolute Gasteiger partial charge is 0.100 e. The zero-order chi connectivity index (χ0) is 9.56. The van der Waals surface area contributed by atoms with Gasteiger partial charge in [0, 0.05) is 6.54 Å². The van der Waals surface area contributed by atoms with E-state index in [9.17, 15) is 0 Å². The number of nitriles is 1. The fourth-order valence-corrected chi connectivity index (χ4v) is 1.18. The van der Waals surface area contributed by atoms with Gasteiger partial charge in [0.2, 0.25) is 0 Å². The van der Waals surface area contributed by atoms with Crippen molar-refractivity contribution in [2.45, 2.75) is 26.3 Å². The lowest BCUT2D eigenvalue weighted by Gasteiger charge is -2.25. The first-order valence-corrected chi connectivity index (χ1v) is 4.38. The summed E-state index contributed by atoms with van der Waals surface area (Å²) < 4.78 is 0. The summed E-state index contributed by atoms with van der Waals surface area (Å²) in [7, 11) is 1.87. The van der Waals surface area contributed by atoms with Crippen molar-refractivity contribution < 1.29 is 5.11 Å². The van der Waals surface area contributed by atoms with Crippen LogP contribution >= 0.6 is 0 Å². The molecule has 0 rings (SSSR count). The molecular weight excluding hydrogens is 152 g/mol. The molecule has 12 heavy (non-hydrogen) atoms. The predicted molar refractivity (Wildman–Crippen MR) is 48.6 cm³/mol. The van der Waals surface area contributed by atoms with Crippen LogP contribution in [0.3, 0.4) is 0 Å². The maximum absolute atomic E-state index is 8.85. The highest BCUT2D eigenvalue weighted by atomic mass is 16.3. The third-order valence-corrected chi connectivity index (χ3v) is 2.24. The van der Waals surface area contributed by atoms with Gasteiger partial charge in [-0.3, -0.25) is 4.90 Å². The Hall–Kier alpha value is -0.590. The Balaban J connectivity index is 4.06. The summed E-state index contributed by atoms with van der Waals surface area (Å²) in [4.78, 5) is 1.90. The molecule has 1 unspecified atom stereocenters. The van der Waals surface area contributed by atoms with Crippen LogP contribution in [0.25, 0.3) is 0 Å². The van der Waals surface area contributed by atoms with E-state index in [1.54, 1.807) is 0 Å². The number of rotatable bonds is 5. The van der Waals surface area contributed by atoms with Crippen molar-refractivity contribution in [3.8, 4) is 6.07 Å². The molecule has 0 saturated carbocycles. The quantitative estimate of drug-likeness (QED) is 0.665. The van der Waals surface area contributed by atoms with Gasteiger partial charge in [-0.2, -0.15) is 5.26 Å². The molecule has 0 fully saturated rings. The predicted octanol–water partition coefficient (Wildman–Crippen LogP) is 0.849. The van der Waals surface area contributed by atoms with E-state index in [-0.39, 0.29) is 12.6 Å². The van der Waals surface area contributed by atoms with Gasteiger partial charge in [0.05, 0.1) is 12.7 Å². The van der Waals surface area contributed by atoms with E-state index >= 15 is 0 Å². The fourth-order valence-electron chi connectivity index (χ4n) is 1.18. The van der Waals surface area contributed by atoms with Crippen LogP contribution in [0.5, 0.6) is 0 Å². The van der Waals surface area contributed by atoms with E-state index in [4.69, 9.17) is 10.4 Å². The van der Waals surface area contributed by atoms with E-state index in [0.717, 1.165) is 6.42 Å². The van der Waals surface area contributed by atoms with Crippen LogP contribution in [-0.2, 0) is 0 Å². The molecule has 0 aliphatic rings. The summed E-state index contributed by atoms with van der Waals surface area (Å²) in [5.74, 6) is 0.367. The molecular formula is C9H18N2O. The zero-order valence-electron chi connectivity index (χ0n) is 8.12. The molecule has 0 aliphatic carbocycles. The lowest BCUT2D eigenvalue weighted by molar-refractivity contribution is 0.173. The summed E-state index contributed by atoms with van der Waals surface area (Å²) in [5, 5.41) is 17.5. The molecule has 0 bridgehead atoms. The van der Waals surface area contributed by atoms with Crippen LogP contribution in [-0.4, -0.2) is 36.2 Å². The number of hydrogen-bond acceptors (Lipinski definition) is 3. The molecule has 0 spiro atoms. The topological polar surface area (TPSA) is 47.3 Å². The van der Waals surface area contributed by atoms with Crippen LogP contribution in [0.4, 0.5) is 0 Å². The average Bonchev–Trinajstić information content (AvgIpc) is 2.06. The van der Waals surface area contributed by atoms with Crippen molar-refractivity contribution in [2.24, 2.45) is 5.92 Å². The summed E-state index contributed by atoms with van der Waals surface area (Å²) in [6, 6.07) is 2.18. The normalized spacial score (nSPS) is 15.7. The average molecular weight is 170 g/mol. The Bertz CT molecular complexity index is 153. The number of aliphatic hydroxyl groups excluding tert-OH is 1. The molecule has 3 heteroatoms. The molecule has 0 aromatic carbocycles. The van der Waals surface area contributed by atoms with Crippen molar-refractivity contribution >= 4 is 0 Å². The van der Waals surface area contributed by atoms with Gasteiger partial charge in [-0.25, -0.2) is 0 Å². The van der Waals surface area contributed by atoms with Gasteiger partial charge in [0.1, 0.15) is 6.04 Å². The van der Waals surface area contributed by atoms with E-state index in [2.05, 4.69) is 19.9 Å². The number of hydrogen-bond donors (Lipinski definition) is 1. The van der Waals surface area contributed by atoms with Crippen LogP contribution < -0.4 is 0 Å². The van der Waals surface area contributed by atoms with E-state index < -0.39 is 0 Å².